The van der Waals surface area contributed by atoms with Crippen LogP contribution in [0.1, 0.15) is 144 Å². The molecule has 13 heteroatoms. The fourth-order valence-corrected chi connectivity index (χ4v) is 11.3. The predicted molar refractivity (Wildman–Crippen MR) is 248 cm³/mol. The van der Waals surface area contributed by atoms with Gasteiger partial charge in [-0.1, -0.05) is 76.8 Å². The second-order valence-corrected chi connectivity index (χ2v) is 20.3. The third-order valence-electron chi connectivity index (χ3n) is 15.3. The molecule has 3 heterocycles. The Bertz CT molecular complexity index is 1670. The van der Waals surface area contributed by atoms with Gasteiger partial charge in [0.15, 0.2) is 0 Å². The van der Waals surface area contributed by atoms with Crippen LogP contribution in [0.15, 0.2) is 35.5 Å². The summed E-state index contributed by atoms with van der Waals surface area (Å²) in [5.74, 6) is -6.69. The zero-order valence-electron chi connectivity index (χ0n) is 41.0. The van der Waals surface area contributed by atoms with Crippen molar-refractivity contribution in [2.45, 2.75) is 199 Å². The number of cyclic esters (lactones) is 1. The van der Waals surface area contributed by atoms with Gasteiger partial charge in [-0.15, -0.1) is 0 Å². The molecule has 5 aliphatic rings. The summed E-state index contributed by atoms with van der Waals surface area (Å²) in [7, 11) is 4.80. The van der Waals surface area contributed by atoms with Gasteiger partial charge in [0, 0.05) is 52.0 Å². The average molecular weight is 914 g/mol. The van der Waals surface area contributed by atoms with Gasteiger partial charge in [-0.25, -0.2) is 4.79 Å². The average Bonchev–Trinajstić information content (AvgIpc) is 3.30. The smallest absolute Gasteiger partial charge is 0.329 e. The quantitative estimate of drug-likeness (QED) is 0.125. The summed E-state index contributed by atoms with van der Waals surface area (Å²) in [6.07, 6.45) is 16.1. The summed E-state index contributed by atoms with van der Waals surface area (Å²) < 4.78 is 36.8. The summed E-state index contributed by atoms with van der Waals surface area (Å²) in [5.41, 5.74) is 1.73. The molecule has 65 heavy (non-hydrogen) atoms. The molecule has 0 spiro atoms. The van der Waals surface area contributed by atoms with E-state index in [1.807, 2.05) is 26.8 Å². The van der Waals surface area contributed by atoms with Crippen molar-refractivity contribution in [3.63, 3.8) is 0 Å². The molecule has 3 aliphatic heterocycles. The number of carbonyl (C=O) groups is 4. The van der Waals surface area contributed by atoms with Crippen LogP contribution in [-0.2, 0) is 47.6 Å². The van der Waals surface area contributed by atoms with Crippen LogP contribution in [0.4, 0.5) is 0 Å². The zero-order chi connectivity index (χ0) is 47.4. The topological polar surface area (TPSA) is 167 Å². The van der Waals surface area contributed by atoms with Crippen LogP contribution in [0.5, 0.6) is 0 Å². The number of hydrogen-bond donors (Lipinski definition) is 2. The number of nitrogens with zero attached hydrogens (tertiary/aromatic N) is 1. The van der Waals surface area contributed by atoms with Gasteiger partial charge >= 0.3 is 5.97 Å². The van der Waals surface area contributed by atoms with Crippen molar-refractivity contribution in [1.82, 2.24) is 4.90 Å². The summed E-state index contributed by atoms with van der Waals surface area (Å²) in [6.45, 7) is 12.0. The number of amides is 1. The first-order valence-electron chi connectivity index (χ1n) is 24.9. The highest BCUT2D eigenvalue weighted by atomic mass is 16.7. The first-order chi connectivity index (χ1) is 31.0. The first-order valence-corrected chi connectivity index (χ1v) is 24.9. The van der Waals surface area contributed by atoms with Crippen molar-refractivity contribution in [3.8, 4) is 0 Å². The molecule has 2 aliphatic carbocycles. The number of esters is 1. The number of allylic oxidation sites excluding steroid dienone is 4. The summed E-state index contributed by atoms with van der Waals surface area (Å²) in [5, 5.41) is 24.0. The van der Waals surface area contributed by atoms with Gasteiger partial charge in [0.1, 0.15) is 24.0 Å². The molecule has 1 amide bonds. The van der Waals surface area contributed by atoms with Gasteiger partial charge in [-0.05, 0) is 114 Å². The lowest BCUT2D eigenvalue weighted by Gasteiger charge is -2.47. The molecule has 2 saturated carbocycles. The van der Waals surface area contributed by atoms with Crippen LogP contribution in [0, 0.1) is 35.5 Å². The van der Waals surface area contributed by atoms with E-state index in [9.17, 15) is 29.4 Å². The molecule has 368 valence electrons. The lowest BCUT2D eigenvalue weighted by atomic mass is 9.81. The maximum Gasteiger partial charge on any atom is 0.329 e. The van der Waals surface area contributed by atoms with E-state index in [-0.39, 0.29) is 55.6 Å². The second-order valence-electron chi connectivity index (χ2n) is 20.3. The Hall–Kier alpha value is -2.78. The number of hydrogen-bond acceptors (Lipinski definition) is 12. The maximum absolute atomic E-state index is 14.5. The van der Waals surface area contributed by atoms with Crippen molar-refractivity contribution in [2.24, 2.45) is 35.5 Å². The monoisotopic (exact) mass is 914 g/mol. The number of carbonyl (C=O) groups excluding carboxylic acids is 4. The molecule has 5 rings (SSSR count). The molecule has 0 aromatic heterocycles. The van der Waals surface area contributed by atoms with Gasteiger partial charge in [0.05, 0.1) is 37.1 Å². The second kappa shape index (κ2) is 25.0. The summed E-state index contributed by atoms with van der Waals surface area (Å²) in [4.78, 5) is 58.4. The SMILES string of the molecule is CC[C@@H]1/C=C(\C)C[C@H](C)C[C@H](OC)[C@H]2O[C@@](O)(C(=O)C(=O)N3CCCC[C@H]3C(=O)O[C@H](/C(C)=C/[C@@H]3CC[C@@H](OC/C=C/C4CCCCC4)[C@H](OC)C3)[C@H](C)[C@@H](O)CC1=O)[C@H](C)C[C@@H]2OC. The van der Waals surface area contributed by atoms with E-state index in [4.69, 9.17) is 28.4 Å². The minimum atomic E-state index is -2.50. The molecule has 2 saturated heterocycles. The van der Waals surface area contributed by atoms with Crippen LogP contribution < -0.4 is 0 Å². The van der Waals surface area contributed by atoms with Crippen molar-refractivity contribution in [2.75, 3.05) is 34.5 Å². The van der Waals surface area contributed by atoms with E-state index in [1.54, 1.807) is 35.2 Å². The predicted octanol–water partition coefficient (Wildman–Crippen LogP) is 7.63. The molecule has 2 N–H and O–H groups in total. The molecule has 0 radical (unpaired) electrons. The van der Waals surface area contributed by atoms with Crippen LogP contribution in [-0.4, -0.2) is 128 Å². The standard InChI is InChI=1S/C52H83NO12/c1-10-39-26-32(2)25-33(3)27-45(61-8)48-46(62-9)29-35(5)52(59,65-48)49(56)50(57)53-23-15-14-20-40(53)51(58)64-47(36(6)41(54)31-42(39)55)34(4)28-38-21-22-43(44(30-38)60-7)63-24-16-19-37-17-12-11-13-18-37/h16,19,26,28,33,35-41,43-48,54,59H,10-15,17-18,20-25,27,29-31H2,1-9H3/b19-16+,32-26+,34-28+/t33-,35+,36+,38-,39+,40-,41-,43+,44+,45-,46-,47+,48+,52+/m0/s1. The Morgan fingerprint density at radius 1 is 0.846 bits per heavy atom. The van der Waals surface area contributed by atoms with Crippen molar-refractivity contribution < 1.29 is 57.8 Å². The highest BCUT2D eigenvalue weighted by Gasteiger charge is 2.56. The van der Waals surface area contributed by atoms with E-state index in [0.29, 0.717) is 51.0 Å². The van der Waals surface area contributed by atoms with Crippen LogP contribution in [0.2, 0.25) is 0 Å². The number of ketones is 2. The minimum Gasteiger partial charge on any atom is -0.456 e. The minimum absolute atomic E-state index is 0.0389. The van der Waals surface area contributed by atoms with Gasteiger partial charge in [-0.3, -0.25) is 14.4 Å². The van der Waals surface area contributed by atoms with Gasteiger partial charge in [-0.2, -0.15) is 0 Å². The summed E-state index contributed by atoms with van der Waals surface area (Å²) >= 11 is 0. The molecule has 0 aromatic rings. The lowest BCUT2D eigenvalue weighted by molar-refractivity contribution is -0.302. The van der Waals surface area contributed by atoms with Crippen LogP contribution >= 0.6 is 0 Å². The fourth-order valence-electron chi connectivity index (χ4n) is 11.3. The van der Waals surface area contributed by atoms with Crippen molar-refractivity contribution >= 4 is 23.4 Å². The molecule has 0 unspecified atom stereocenters. The Labute approximate surface area is 389 Å². The molecule has 0 aromatic carbocycles. The third kappa shape index (κ3) is 13.7. The number of piperidine rings is 1. The number of fused-ring (bicyclic) bond motifs is 3. The van der Waals surface area contributed by atoms with E-state index in [1.165, 1.54) is 37.0 Å². The van der Waals surface area contributed by atoms with E-state index in [2.05, 4.69) is 25.2 Å². The highest BCUT2D eigenvalue weighted by Crippen LogP contribution is 2.39. The fraction of sp³-hybridized carbons (Fsp3) is 0.808. The molecule has 14 atom stereocenters. The van der Waals surface area contributed by atoms with E-state index in [0.717, 1.165) is 24.0 Å². The van der Waals surface area contributed by atoms with E-state index >= 15 is 0 Å². The Balaban J connectivity index is 1.43. The Morgan fingerprint density at radius 2 is 1.52 bits per heavy atom. The van der Waals surface area contributed by atoms with Crippen LogP contribution in [0.25, 0.3) is 0 Å². The number of methoxy groups -OCH3 is 3. The number of rotatable bonds is 10. The normalized spacial score (nSPS) is 39.3. The summed E-state index contributed by atoms with van der Waals surface area (Å²) in [6, 6.07) is -1.12. The maximum atomic E-state index is 14.5. The zero-order valence-corrected chi connectivity index (χ0v) is 41.0. The molecule has 4 fully saturated rings. The number of aliphatic hydroxyl groups excluding tert-OH is 1. The Morgan fingerprint density at radius 3 is 2.20 bits per heavy atom. The Kier molecular flexibility index (Phi) is 20.5. The number of Topliss-reactive ketones (excluding diaryl/α,β-unsaturated/α-hetero) is 2. The van der Waals surface area contributed by atoms with Crippen molar-refractivity contribution in [3.05, 3.63) is 35.5 Å². The molecular formula is C52H83NO12. The van der Waals surface area contributed by atoms with Gasteiger partial charge in [0.25, 0.3) is 11.7 Å². The molecule has 13 nitrogen and oxygen atoms in total. The van der Waals surface area contributed by atoms with E-state index < -0.39 is 77.8 Å². The first kappa shape index (κ1) is 53.2. The lowest BCUT2D eigenvalue weighted by Crippen LogP contribution is -2.64. The van der Waals surface area contributed by atoms with Gasteiger partial charge in [0.2, 0.25) is 5.79 Å². The molecule has 2 bridgehead atoms. The highest BCUT2D eigenvalue weighted by molar-refractivity contribution is 6.39. The van der Waals surface area contributed by atoms with Crippen molar-refractivity contribution in [1.29, 1.82) is 0 Å². The van der Waals surface area contributed by atoms with Crippen LogP contribution in [0.3, 0.4) is 0 Å². The largest absolute Gasteiger partial charge is 0.456 e. The number of aliphatic hydroxyl groups is 2. The molecular weight excluding hydrogens is 831 g/mol. The number of ether oxygens (including phenoxy) is 6. The van der Waals surface area contributed by atoms with Gasteiger partial charge < -0.3 is 43.5 Å². The third-order valence-corrected chi connectivity index (χ3v) is 15.3.